The van der Waals surface area contributed by atoms with Gasteiger partial charge in [-0.05, 0) is 80.8 Å². The highest BCUT2D eigenvalue weighted by atomic mass is 32.2. The number of fused-ring (bicyclic) bond motifs is 3. The molecule has 2 aliphatic rings. The van der Waals surface area contributed by atoms with Gasteiger partial charge in [-0.1, -0.05) is 48.5 Å². The van der Waals surface area contributed by atoms with Gasteiger partial charge in [0.15, 0.2) is 0 Å². The summed E-state index contributed by atoms with van der Waals surface area (Å²) >= 11 is 1.54. The molecule has 0 radical (unpaired) electrons. The molecule has 3 amide bonds. The van der Waals surface area contributed by atoms with Crippen LogP contribution in [0.2, 0.25) is 0 Å². The fourth-order valence-corrected chi connectivity index (χ4v) is 9.86. The summed E-state index contributed by atoms with van der Waals surface area (Å²) in [6, 6.07) is 22.4. The van der Waals surface area contributed by atoms with Crippen LogP contribution in [0.4, 0.5) is 0 Å². The Morgan fingerprint density at radius 3 is 2.54 bits per heavy atom. The van der Waals surface area contributed by atoms with Crippen LogP contribution in [-0.4, -0.2) is 85.4 Å². The Kier molecular flexibility index (Phi) is 13.0. The van der Waals surface area contributed by atoms with E-state index in [2.05, 4.69) is 15.6 Å². The number of carbonyl (C=O) groups is 4. The maximum absolute atomic E-state index is 14.2. The predicted molar refractivity (Wildman–Crippen MR) is 220 cm³/mol. The van der Waals surface area contributed by atoms with Gasteiger partial charge >= 0.3 is 5.97 Å². The molecular weight excluding hydrogens is 795 g/mol. The molecular formula is C43H45N5O9S2. The lowest BCUT2D eigenvalue weighted by Gasteiger charge is -2.26. The monoisotopic (exact) mass is 839 g/mol. The second-order valence-corrected chi connectivity index (χ2v) is 17.3. The lowest BCUT2D eigenvalue weighted by Crippen LogP contribution is -2.49. The van der Waals surface area contributed by atoms with Crippen molar-refractivity contribution in [2.75, 3.05) is 33.4 Å². The summed E-state index contributed by atoms with van der Waals surface area (Å²) in [6.07, 6.45) is 5.89. The molecule has 3 aromatic carbocycles. The first-order valence-corrected chi connectivity index (χ1v) is 21.7. The van der Waals surface area contributed by atoms with Crippen molar-refractivity contribution in [3.05, 3.63) is 109 Å². The van der Waals surface area contributed by atoms with Crippen LogP contribution in [0.1, 0.15) is 61.1 Å². The molecule has 0 bridgehead atoms. The quantitative estimate of drug-likeness (QED) is 0.0851. The second-order valence-electron chi connectivity index (χ2n) is 14.4. The van der Waals surface area contributed by atoms with E-state index in [1.165, 1.54) is 34.3 Å². The zero-order valence-electron chi connectivity index (χ0n) is 32.7. The highest BCUT2D eigenvalue weighted by Gasteiger charge is 2.40. The Morgan fingerprint density at radius 1 is 0.949 bits per heavy atom. The zero-order valence-corrected chi connectivity index (χ0v) is 34.3. The number of esters is 1. The minimum atomic E-state index is -4.08. The lowest BCUT2D eigenvalue weighted by molar-refractivity contribution is -0.140. The van der Waals surface area contributed by atoms with Crippen molar-refractivity contribution in [1.82, 2.24) is 24.5 Å². The molecule has 3 atom stereocenters. The van der Waals surface area contributed by atoms with Crippen LogP contribution < -0.4 is 15.4 Å². The third kappa shape index (κ3) is 9.45. The molecule has 2 unspecified atom stereocenters. The maximum atomic E-state index is 14.2. The summed E-state index contributed by atoms with van der Waals surface area (Å²) in [5, 5.41) is 6.27. The van der Waals surface area contributed by atoms with Crippen LogP contribution in [0.15, 0.2) is 112 Å². The van der Waals surface area contributed by atoms with Gasteiger partial charge in [0.2, 0.25) is 11.8 Å². The first-order chi connectivity index (χ1) is 28.5. The molecule has 0 spiro atoms. The van der Waals surface area contributed by atoms with E-state index < -0.39 is 39.8 Å². The van der Waals surface area contributed by atoms with E-state index in [1.54, 1.807) is 73.4 Å². The molecule has 0 aliphatic carbocycles. The van der Waals surface area contributed by atoms with E-state index in [0.29, 0.717) is 59.7 Å². The van der Waals surface area contributed by atoms with Crippen LogP contribution in [0.25, 0.3) is 10.9 Å². The summed E-state index contributed by atoms with van der Waals surface area (Å²) in [5.74, 6) is -0.618. The summed E-state index contributed by atoms with van der Waals surface area (Å²) in [5.41, 5.74) is 1.04. The van der Waals surface area contributed by atoms with Crippen molar-refractivity contribution in [3.63, 3.8) is 0 Å². The van der Waals surface area contributed by atoms with Gasteiger partial charge in [-0.25, -0.2) is 12.4 Å². The Morgan fingerprint density at radius 2 is 1.73 bits per heavy atom. The number of pyridine rings is 1. The second kappa shape index (κ2) is 18.5. The molecule has 5 aromatic rings. The smallest absolute Gasteiger partial charge is 0.305 e. The predicted octanol–water partition coefficient (Wildman–Crippen LogP) is 6.10. The first kappa shape index (κ1) is 41.4. The first-order valence-electron chi connectivity index (χ1n) is 19.4. The Bertz CT molecular complexity index is 2460. The molecule has 0 saturated carbocycles. The molecule has 2 aliphatic heterocycles. The fourth-order valence-electron chi connectivity index (χ4n) is 7.30. The van der Waals surface area contributed by atoms with E-state index >= 15 is 0 Å². The number of nitrogens with one attached hydrogen (secondary N) is 2. The largest absolute Gasteiger partial charge is 0.469 e. The Balaban J connectivity index is 1.05. The van der Waals surface area contributed by atoms with Crippen molar-refractivity contribution in [2.45, 2.75) is 65.8 Å². The van der Waals surface area contributed by atoms with Gasteiger partial charge in [-0.3, -0.25) is 24.2 Å². The molecule has 14 nitrogen and oxygen atoms in total. The number of rotatable bonds is 16. The fraction of sp³-hybridized carbons (Fsp3) is 0.326. The number of hydrogen-bond donors (Lipinski definition) is 2. The average molecular weight is 840 g/mol. The number of amides is 3. The molecule has 7 rings (SSSR count). The number of para-hydroxylation sites is 1. The minimum Gasteiger partial charge on any atom is -0.469 e. The molecule has 1 fully saturated rings. The van der Waals surface area contributed by atoms with Gasteiger partial charge in [0.05, 0.1) is 52.2 Å². The normalized spacial score (nSPS) is 16.4. The van der Waals surface area contributed by atoms with Crippen LogP contribution in [0, 0.1) is 5.92 Å². The van der Waals surface area contributed by atoms with Gasteiger partial charge in [-0.15, -0.1) is 0 Å². The van der Waals surface area contributed by atoms with Crippen LogP contribution in [0.5, 0.6) is 11.5 Å². The van der Waals surface area contributed by atoms with E-state index in [-0.39, 0.29) is 36.3 Å². The van der Waals surface area contributed by atoms with Crippen molar-refractivity contribution < 1.29 is 41.8 Å². The number of ether oxygens (including phenoxy) is 3. The van der Waals surface area contributed by atoms with Gasteiger partial charge in [0.25, 0.3) is 15.9 Å². The third-order valence-corrected chi connectivity index (χ3v) is 13.2. The number of hydrogen-bond acceptors (Lipinski definition) is 11. The van der Waals surface area contributed by atoms with Gasteiger partial charge in [0.1, 0.15) is 17.5 Å². The van der Waals surface area contributed by atoms with E-state index in [4.69, 9.17) is 14.2 Å². The zero-order chi connectivity index (χ0) is 41.5. The number of aromatic nitrogens is 2. The maximum Gasteiger partial charge on any atom is 0.305 e. The molecule has 4 heterocycles. The lowest BCUT2D eigenvalue weighted by atomic mass is 10.1. The molecule has 59 heavy (non-hydrogen) atoms. The Labute approximate surface area is 346 Å². The molecule has 16 heteroatoms. The number of benzene rings is 3. The summed E-state index contributed by atoms with van der Waals surface area (Å²) in [4.78, 5) is 60.4. The standard InChI is InChI=1S/C43H45N5O9S2/c1-28(34-22-31-24-44-19-18-33(31)48(34)59(53,54)32-11-5-3-6-12-32)46-43(52)35-21-29(27-56-20-10-4-7-15-41(50)55-2)26-47(35)40(49)25-45-42(51)30-16-17-39-37(23-30)57-36-13-8-9-14-38(36)58-39/h3,5-6,8-9,11-14,16-19,22-24,28-29,35H,4,7,10,15,20-21,25-27H2,1-2H3,(H,45,51)(H,46,52)/t28?,29-,35?/m0/s1. The van der Waals surface area contributed by atoms with Crippen molar-refractivity contribution >= 4 is 56.4 Å². The number of unbranched alkanes of at least 4 members (excludes halogenated alkanes) is 2. The molecule has 2 N–H and O–H groups in total. The Hall–Kier alpha value is -5.71. The average Bonchev–Trinajstić information content (AvgIpc) is 3.87. The van der Waals surface area contributed by atoms with E-state index in [1.807, 2.05) is 24.3 Å². The number of nitrogens with zero attached hydrogens (tertiary/aromatic N) is 3. The summed E-state index contributed by atoms with van der Waals surface area (Å²) < 4.78 is 46.0. The summed E-state index contributed by atoms with van der Waals surface area (Å²) in [7, 11) is -2.72. The number of carbonyl (C=O) groups excluding carboxylic acids is 4. The summed E-state index contributed by atoms with van der Waals surface area (Å²) in [6.45, 7) is 2.27. The number of likely N-dealkylation sites (tertiary alicyclic amines) is 1. The number of methoxy groups -OCH3 is 1. The van der Waals surface area contributed by atoms with E-state index in [0.717, 1.165) is 22.6 Å². The third-order valence-electron chi connectivity index (χ3n) is 10.3. The molecule has 1 saturated heterocycles. The minimum absolute atomic E-state index is 0.0853. The van der Waals surface area contributed by atoms with Crippen LogP contribution in [0.3, 0.4) is 0 Å². The van der Waals surface area contributed by atoms with Crippen molar-refractivity contribution in [3.8, 4) is 11.5 Å². The van der Waals surface area contributed by atoms with Crippen LogP contribution in [-0.2, 0) is 33.9 Å². The van der Waals surface area contributed by atoms with Gasteiger partial charge in [0, 0.05) is 48.8 Å². The van der Waals surface area contributed by atoms with Gasteiger partial charge in [-0.2, -0.15) is 0 Å². The van der Waals surface area contributed by atoms with Gasteiger partial charge < -0.3 is 29.7 Å². The highest BCUT2D eigenvalue weighted by Crippen LogP contribution is 2.47. The van der Waals surface area contributed by atoms with Crippen molar-refractivity contribution in [1.29, 1.82) is 0 Å². The molecule has 308 valence electrons. The topological polar surface area (TPSA) is 175 Å². The van der Waals surface area contributed by atoms with Crippen LogP contribution >= 0.6 is 11.8 Å². The highest BCUT2D eigenvalue weighted by molar-refractivity contribution is 7.99. The van der Waals surface area contributed by atoms with Crippen molar-refractivity contribution in [2.24, 2.45) is 5.92 Å². The van der Waals surface area contributed by atoms with E-state index in [9.17, 15) is 27.6 Å². The molecule has 2 aromatic heterocycles. The SMILES string of the molecule is COC(=O)CCCCCOC[C@H]1CC(C(=O)NC(C)c2cc3cnccc3n2S(=O)(=O)c2ccccc2)N(C(=O)CNC(=O)c2ccc3c(c2)Oc2ccccc2S3)C1.